The van der Waals surface area contributed by atoms with Crippen molar-refractivity contribution in [1.29, 1.82) is 0 Å². The largest absolute Gasteiger partial charge is 0.312 e. The summed E-state index contributed by atoms with van der Waals surface area (Å²) >= 11 is 0. The van der Waals surface area contributed by atoms with Crippen LogP contribution in [0.15, 0.2) is 30.3 Å². The van der Waals surface area contributed by atoms with E-state index in [4.69, 9.17) is 0 Å². The molecule has 0 spiro atoms. The first-order chi connectivity index (χ1) is 8.60. The summed E-state index contributed by atoms with van der Waals surface area (Å²) in [5.74, 6) is 0.706. The van der Waals surface area contributed by atoms with Crippen LogP contribution in [0.4, 0.5) is 0 Å². The van der Waals surface area contributed by atoms with Gasteiger partial charge in [0.05, 0.1) is 0 Å². The minimum atomic E-state index is 0.403. The molecule has 1 N–H and O–H groups in total. The topological polar surface area (TPSA) is 15.3 Å². The van der Waals surface area contributed by atoms with Gasteiger partial charge in [-0.05, 0) is 32.0 Å². The summed E-state index contributed by atoms with van der Waals surface area (Å²) in [6.45, 7) is 7.97. The highest BCUT2D eigenvalue weighted by molar-refractivity contribution is 5.20. The molecule has 0 aliphatic rings. The third-order valence-corrected chi connectivity index (χ3v) is 3.49. The number of likely N-dealkylation sites (N-methyl/N-ethyl adjacent to an activating group) is 2. The van der Waals surface area contributed by atoms with Crippen molar-refractivity contribution >= 4 is 0 Å². The smallest absolute Gasteiger partial charge is 0.0475 e. The molecule has 0 amide bonds. The Hall–Kier alpha value is -0.860. The van der Waals surface area contributed by atoms with E-state index in [0.717, 1.165) is 13.0 Å². The van der Waals surface area contributed by atoms with Gasteiger partial charge in [-0.1, -0.05) is 51.1 Å². The molecule has 0 saturated carbocycles. The minimum Gasteiger partial charge on any atom is -0.312 e. The number of rotatable bonds is 7. The van der Waals surface area contributed by atoms with E-state index in [-0.39, 0.29) is 0 Å². The molecule has 18 heavy (non-hydrogen) atoms. The lowest BCUT2D eigenvalue weighted by molar-refractivity contribution is 0.173. The van der Waals surface area contributed by atoms with Crippen LogP contribution in [0.5, 0.6) is 0 Å². The molecule has 0 aliphatic carbocycles. The van der Waals surface area contributed by atoms with Crippen molar-refractivity contribution in [2.24, 2.45) is 5.92 Å². The van der Waals surface area contributed by atoms with Gasteiger partial charge in [-0.2, -0.15) is 0 Å². The summed E-state index contributed by atoms with van der Waals surface area (Å²) in [7, 11) is 4.30. The average molecular weight is 248 g/mol. The Balaban J connectivity index is 2.84. The van der Waals surface area contributed by atoms with Gasteiger partial charge in [-0.15, -0.1) is 0 Å². The lowest BCUT2D eigenvalue weighted by Crippen LogP contribution is -2.43. The number of benzene rings is 1. The van der Waals surface area contributed by atoms with Crippen molar-refractivity contribution in [1.82, 2.24) is 10.2 Å². The predicted molar refractivity (Wildman–Crippen MR) is 79.8 cm³/mol. The standard InChI is InChI=1S/C16H28N2/c1-6-15(18(5)12-13(2)3)16(17-4)14-10-8-7-9-11-14/h7-11,13,15-17H,6,12H2,1-5H3. The van der Waals surface area contributed by atoms with Gasteiger partial charge in [-0.25, -0.2) is 0 Å². The molecule has 102 valence electrons. The number of hydrogen-bond acceptors (Lipinski definition) is 2. The fourth-order valence-electron chi connectivity index (χ4n) is 2.75. The highest BCUT2D eigenvalue weighted by atomic mass is 15.2. The molecule has 2 atom stereocenters. The quantitative estimate of drug-likeness (QED) is 0.796. The monoisotopic (exact) mass is 248 g/mol. The van der Waals surface area contributed by atoms with E-state index in [1.165, 1.54) is 5.56 Å². The van der Waals surface area contributed by atoms with Gasteiger partial charge in [0.15, 0.2) is 0 Å². The maximum atomic E-state index is 3.48. The molecule has 2 unspecified atom stereocenters. The van der Waals surface area contributed by atoms with E-state index >= 15 is 0 Å². The molecule has 0 fully saturated rings. The van der Waals surface area contributed by atoms with Crippen LogP contribution in [0, 0.1) is 5.92 Å². The van der Waals surface area contributed by atoms with E-state index < -0.39 is 0 Å². The molecule has 2 nitrogen and oxygen atoms in total. The van der Waals surface area contributed by atoms with Gasteiger partial charge < -0.3 is 10.2 Å². The molecule has 0 saturated heterocycles. The van der Waals surface area contributed by atoms with Gasteiger partial charge in [0.25, 0.3) is 0 Å². The van der Waals surface area contributed by atoms with Crippen LogP contribution in [-0.2, 0) is 0 Å². The van der Waals surface area contributed by atoms with Crippen molar-refractivity contribution in [3.8, 4) is 0 Å². The maximum absolute atomic E-state index is 3.48. The number of hydrogen-bond donors (Lipinski definition) is 1. The zero-order valence-electron chi connectivity index (χ0n) is 12.5. The first kappa shape index (κ1) is 15.2. The van der Waals surface area contributed by atoms with Crippen LogP contribution in [0.3, 0.4) is 0 Å². The molecule has 0 heterocycles. The molecule has 2 heteroatoms. The van der Waals surface area contributed by atoms with E-state index in [1.54, 1.807) is 0 Å². The van der Waals surface area contributed by atoms with E-state index in [1.807, 2.05) is 0 Å². The second-order valence-corrected chi connectivity index (χ2v) is 5.49. The van der Waals surface area contributed by atoms with Crippen LogP contribution in [0.1, 0.15) is 38.8 Å². The van der Waals surface area contributed by atoms with Crippen molar-refractivity contribution in [3.63, 3.8) is 0 Å². The lowest BCUT2D eigenvalue weighted by Gasteiger charge is -2.35. The number of nitrogens with zero attached hydrogens (tertiary/aromatic N) is 1. The Morgan fingerprint density at radius 1 is 1.17 bits per heavy atom. The Bertz CT molecular complexity index is 321. The van der Waals surface area contributed by atoms with Crippen molar-refractivity contribution < 1.29 is 0 Å². The summed E-state index contributed by atoms with van der Waals surface area (Å²) < 4.78 is 0. The van der Waals surface area contributed by atoms with Gasteiger partial charge in [0.1, 0.15) is 0 Å². The molecule has 1 rings (SSSR count). The van der Waals surface area contributed by atoms with Crippen LogP contribution in [0.25, 0.3) is 0 Å². The lowest BCUT2D eigenvalue weighted by atomic mass is 9.96. The second-order valence-electron chi connectivity index (χ2n) is 5.49. The Morgan fingerprint density at radius 2 is 1.78 bits per heavy atom. The molecule has 1 aromatic carbocycles. The van der Waals surface area contributed by atoms with Crippen LogP contribution < -0.4 is 5.32 Å². The molecular weight excluding hydrogens is 220 g/mol. The number of nitrogens with one attached hydrogen (secondary N) is 1. The second kappa shape index (κ2) is 7.55. The van der Waals surface area contributed by atoms with Gasteiger partial charge in [-0.3, -0.25) is 0 Å². The minimum absolute atomic E-state index is 0.403. The fraction of sp³-hybridized carbons (Fsp3) is 0.625. The summed E-state index contributed by atoms with van der Waals surface area (Å²) in [6.07, 6.45) is 1.16. The van der Waals surface area contributed by atoms with E-state index in [9.17, 15) is 0 Å². The first-order valence-corrected chi connectivity index (χ1v) is 7.02. The average Bonchev–Trinajstić information content (AvgIpc) is 2.35. The third kappa shape index (κ3) is 4.11. The Kier molecular flexibility index (Phi) is 6.37. The van der Waals surface area contributed by atoms with E-state index in [0.29, 0.717) is 18.0 Å². The van der Waals surface area contributed by atoms with E-state index in [2.05, 4.69) is 75.4 Å². The molecule has 0 aromatic heterocycles. The predicted octanol–water partition coefficient (Wildman–Crippen LogP) is 3.31. The van der Waals surface area contributed by atoms with Crippen LogP contribution in [-0.4, -0.2) is 31.6 Å². The van der Waals surface area contributed by atoms with Crippen molar-refractivity contribution in [2.45, 2.75) is 39.3 Å². The normalized spacial score (nSPS) is 15.1. The third-order valence-electron chi connectivity index (χ3n) is 3.49. The molecule has 0 radical (unpaired) electrons. The zero-order chi connectivity index (χ0) is 13.5. The SMILES string of the molecule is CCC(C(NC)c1ccccc1)N(C)CC(C)C. The van der Waals surface area contributed by atoms with Gasteiger partial charge in [0.2, 0.25) is 0 Å². The zero-order valence-corrected chi connectivity index (χ0v) is 12.5. The fourth-order valence-corrected chi connectivity index (χ4v) is 2.75. The van der Waals surface area contributed by atoms with Crippen LogP contribution >= 0.6 is 0 Å². The summed E-state index contributed by atoms with van der Waals surface area (Å²) in [6, 6.07) is 11.7. The summed E-state index contributed by atoms with van der Waals surface area (Å²) in [4.78, 5) is 2.48. The van der Waals surface area contributed by atoms with Crippen molar-refractivity contribution in [2.75, 3.05) is 20.6 Å². The maximum Gasteiger partial charge on any atom is 0.0475 e. The highest BCUT2D eigenvalue weighted by Gasteiger charge is 2.24. The summed E-state index contributed by atoms with van der Waals surface area (Å²) in [5, 5.41) is 3.48. The Morgan fingerprint density at radius 3 is 2.22 bits per heavy atom. The molecular formula is C16H28N2. The van der Waals surface area contributed by atoms with Gasteiger partial charge in [0, 0.05) is 18.6 Å². The molecule has 0 bridgehead atoms. The van der Waals surface area contributed by atoms with Gasteiger partial charge >= 0.3 is 0 Å². The van der Waals surface area contributed by atoms with Crippen molar-refractivity contribution in [3.05, 3.63) is 35.9 Å². The first-order valence-electron chi connectivity index (χ1n) is 7.02. The molecule has 1 aromatic rings. The summed E-state index contributed by atoms with van der Waals surface area (Å²) in [5.41, 5.74) is 1.38. The van der Waals surface area contributed by atoms with Crippen LogP contribution in [0.2, 0.25) is 0 Å². The highest BCUT2D eigenvalue weighted by Crippen LogP contribution is 2.22. The Labute approximate surface area is 112 Å². The molecule has 0 aliphatic heterocycles.